The molecule has 0 fully saturated rings. The minimum Gasteiger partial charge on any atom is -0.274 e. The van der Waals surface area contributed by atoms with Crippen molar-refractivity contribution in [3.05, 3.63) is 72.3 Å². The summed E-state index contributed by atoms with van der Waals surface area (Å²) >= 11 is 0. The van der Waals surface area contributed by atoms with E-state index in [1.165, 1.54) is 4.90 Å². The molecule has 2 heterocycles. The maximum absolute atomic E-state index is 12.4. The number of aromatic nitrogens is 3. The Hall–Kier alpha value is -3.28. The summed E-state index contributed by atoms with van der Waals surface area (Å²) < 4.78 is 1.84. The number of hydrogen-bond donors (Lipinski definition) is 0. The van der Waals surface area contributed by atoms with Crippen LogP contribution in [0.4, 0.5) is 0 Å². The van der Waals surface area contributed by atoms with Gasteiger partial charge in [-0.25, -0.2) is 4.68 Å². The molecule has 2 aromatic carbocycles. The fourth-order valence-corrected chi connectivity index (χ4v) is 3.37. The molecule has 3 aromatic rings. The SMILES string of the molecule is C=CC(CCCN1C(=O)c2ccccc2C1=O)n1nnc2ccccc21. The van der Waals surface area contributed by atoms with Crippen molar-refractivity contribution < 1.29 is 9.59 Å². The molecule has 0 saturated carbocycles. The van der Waals surface area contributed by atoms with Crippen molar-refractivity contribution in [1.29, 1.82) is 0 Å². The fraction of sp³-hybridized carbons (Fsp3) is 0.200. The number of imide groups is 1. The molecule has 1 atom stereocenters. The molecule has 0 N–H and O–H groups in total. The third-order valence-electron chi connectivity index (χ3n) is 4.72. The van der Waals surface area contributed by atoms with E-state index < -0.39 is 0 Å². The average Bonchev–Trinajstić information content (AvgIpc) is 3.20. The van der Waals surface area contributed by atoms with E-state index in [1.807, 2.05) is 35.0 Å². The van der Waals surface area contributed by atoms with Crippen LogP contribution in [0.5, 0.6) is 0 Å². The van der Waals surface area contributed by atoms with Crippen LogP contribution in [-0.2, 0) is 0 Å². The zero-order valence-electron chi connectivity index (χ0n) is 14.2. The lowest BCUT2D eigenvalue weighted by Gasteiger charge is -2.17. The van der Waals surface area contributed by atoms with Gasteiger partial charge in [0, 0.05) is 6.54 Å². The number of hydrogen-bond acceptors (Lipinski definition) is 4. The number of fused-ring (bicyclic) bond motifs is 2. The van der Waals surface area contributed by atoms with Crippen molar-refractivity contribution in [3.63, 3.8) is 0 Å². The molecule has 6 nitrogen and oxygen atoms in total. The monoisotopic (exact) mass is 346 g/mol. The largest absolute Gasteiger partial charge is 0.274 e. The number of nitrogens with zero attached hydrogens (tertiary/aromatic N) is 4. The topological polar surface area (TPSA) is 68.1 Å². The van der Waals surface area contributed by atoms with Gasteiger partial charge in [-0.05, 0) is 37.1 Å². The molecule has 1 aliphatic heterocycles. The van der Waals surface area contributed by atoms with Gasteiger partial charge in [0.25, 0.3) is 11.8 Å². The number of carbonyl (C=O) groups is 2. The minimum atomic E-state index is -0.216. The number of rotatable bonds is 6. The van der Waals surface area contributed by atoms with E-state index in [0.29, 0.717) is 30.5 Å². The summed E-state index contributed by atoms with van der Waals surface area (Å²) in [7, 11) is 0. The predicted molar refractivity (Wildman–Crippen MR) is 97.8 cm³/mol. The van der Waals surface area contributed by atoms with Gasteiger partial charge >= 0.3 is 0 Å². The summed E-state index contributed by atoms with van der Waals surface area (Å²) in [6.07, 6.45) is 3.20. The highest BCUT2D eigenvalue weighted by atomic mass is 16.2. The van der Waals surface area contributed by atoms with E-state index >= 15 is 0 Å². The molecule has 4 rings (SSSR count). The van der Waals surface area contributed by atoms with Crippen LogP contribution in [-0.4, -0.2) is 38.3 Å². The summed E-state index contributed by atoms with van der Waals surface area (Å²) in [6, 6.07) is 14.7. The third kappa shape index (κ3) is 2.60. The fourth-order valence-electron chi connectivity index (χ4n) is 3.37. The van der Waals surface area contributed by atoms with Crippen LogP contribution in [0.15, 0.2) is 61.2 Å². The van der Waals surface area contributed by atoms with Gasteiger partial charge in [0.15, 0.2) is 0 Å². The highest BCUT2D eigenvalue weighted by Crippen LogP contribution is 2.24. The van der Waals surface area contributed by atoms with Crippen molar-refractivity contribution in [2.24, 2.45) is 0 Å². The Kier molecular flexibility index (Phi) is 4.08. The van der Waals surface area contributed by atoms with Crippen LogP contribution in [0.2, 0.25) is 0 Å². The summed E-state index contributed by atoms with van der Waals surface area (Å²) in [5.41, 5.74) is 2.75. The maximum atomic E-state index is 12.4. The Bertz CT molecular complexity index is 973. The molecule has 2 amide bonds. The smallest absolute Gasteiger partial charge is 0.261 e. The lowest BCUT2D eigenvalue weighted by molar-refractivity contribution is 0.0650. The Morgan fingerprint density at radius 2 is 1.65 bits per heavy atom. The Morgan fingerprint density at radius 1 is 1.00 bits per heavy atom. The Morgan fingerprint density at radius 3 is 2.35 bits per heavy atom. The van der Waals surface area contributed by atoms with E-state index in [9.17, 15) is 9.59 Å². The van der Waals surface area contributed by atoms with Gasteiger partial charge in [-0.1, -0.05) is 35.6 Å². The van der Waals surface area contributed by atoms with E-state index in [0.717, 1.165) is 11.0 Å². The summed E-state index contributed by atoms with van der Waals surface area (Å²) in [4.78, 5) is 26.2. The molecule has 130 valence electrons. The Balaban J connectivity index is 1.45. The molecular formula is C20H18N4O2. The Labute approximate surface area is 150 Å². The maximum Gasteiger partial charge on any atom is 0.261 e. The van der Waals surface area contributed by atoms with Gasteiger partial charge in [-0.3, -0.25) is 14.5 Å². The van der Waals surface area contributed by atoms with Crippen molar-refractivity contribution in [2.45, 2.75) is 18.9 Å². The van der Waals surface area contributed by atoms with Gasteiger partial charge in [0.2, 0.25) is 0 Å². The highest BCUT2D eigenvalue weighted by molar-refractivity contribution is 6.21. The van der Waals surface area contributed by atoms with Gasteiger partial charge in [-0.15, -0.1) is 11.7 Å². The zero-order chi connectivity index (χ0) is 18.1. The molecular weight excluding hydrogens is 328 g/mol. The molecule has 0 spiro atoms. The third-order valence-corrected chi connectivity index (χ3v) is 4.72. The van der Waals surface area contributed by atoms with E-state index in [1.54, 1.807) is 24.3 Å². The van der Waals surface area contributed by atoms with Gasteiger partial charge in [-0.2, -0.15) is 0 Å². The van der Waals surface area contributed by atoms with Crippen LogP contribution in [0, 0.1) is 0 Å². The second-order valence-corrected chi connectivity index (χ2v) is 6.28. The number of para-hydroxylation sites is 1. The molecule has 26 heavy (non-hydrogen) atoms. The second-order valence-electron chi connectivity index (χ2n) is 6.28. The summed E-state index contributed by atoms with van der Waals surface area (Å²) in [5.74, 6) is -0.432. The van der Waals surface area contributed by atoms with Crippen molar-refractivity contribution in [2.75, 3.05) is 6.54 Å². The van der Waals surface area contributed by atoms with Crippen LogP contribution in [0.3, 0.4) is 0 Å². The molecule has 0 radical (unpaired) electrons. The van der Waals surface area contributed by atoms with Crippen LogP contribution in [0.1, 0.15) is 39.6 Å². The first-order valence-corrected chi connectivity index (χ1v) is 8.58. The highest BCUT2D eigenvalue weighted by Gasteiger charge is 2.34. The quantitative estimate of drug-likeness (QED) is 0.508. The zero-order valence-corrected chi connectivity index (χ0v) is 14.2. The first-order valence-electron chi connectivity index (χ1n) is 8.58. The van der Waals surface area contributed by atoms with Crippen LogP contribution in [0.25, 0.3) is 11.0 Å². The number of amides is 2. The molecule has 0 bridgehead atoms. The summed E-state index contributed by atoms with van der Waals surface area (Å²) in [6.45, 7) is 4.28. The molecule has 0 aliphatic carbocycles. The van der Waals surface area contributed by atoms with Gasteiger partial charge in [0.05, 0.1) is 22.7 Å². The van der Waals surface area contributed by atoms with E-state index in [4.69, 9.17) is 0 Å². The number of carbonyl (C=O) groups excluding carboxylic acids is 2. The summed E-state index contributed by atoms with van der Waals surface area (Å²) in [5, 5.41) is 8.40. The number of allylic oxidation sites excluding steroid dienone is 1. The molecule has 0 saturated heterocycles. The van der Waals surface area contributed by atoms with Gasteiger partial charge in [0.1, 0.15) is 5.52 Å². The van der Waals surface area contributed by atoms with Crippen LogP contribution >= 0.6 is 0 Å². The van der Waals surface area contributed by atoms with Crippen molar-refractivity contribution in [3.8, 4) is 0 Å². The lowest BCUT2D eigenvalue weighted by Crippen LogP contribution is -2.31. The van der Waals surface area contributed by atoms with Crippen molar-refractivity contribution in [1.82, 2.24) is 19.9 Å². The first-order chi connectivity index (χ1) is 12.7. The number of benzene rings is 2. The molecule has 1 aromatic heterocycles. The average molecular weight is 346 g/mol. The van der Waals surface area contributed by atoms with Gasteiger partial charge < -0.3 is 0 Å². The van der Waals surface area contributed by atoms with Crippen LogP contribution < -0.4 is 0 Å². The second kappa shape index (κ2) is 6.55. The molecule has 1 unspecified atom stereocenters. The van der Waals surface area contributed by atoms with Crippen molar-refractivity contribution >= 4 is 22.8 Å². The normalized spacial score (nSPS) is 14.7. The van der Waals surface area contributed by atoms with E-state index in [-0.39, 0.29) is 17.9 Å². The molecule has 1 aliphatic rings. The van der Waals surface area contributed by atoms with E-state index in [2.05, 4.69) is 16.9 Å². The standard InChI is InChI=1S/C20H18N4O2/c1-2-14(24-18-12-6-5-11-17(18)21-22-24)8-7-13-23-19(25)15-9-3-4-10-16(15)20(23)26/h2-6,9-12,14H,1,7-8,13H2. The lowest BCUT2D eigenvalue weighted by atomic mass is 10.1. The predicted octanol–water partition coefficient (Wildman–Crippen LogP) is 3.23. The first kappa shape index (κ1) is 16.2. The minimum absolute atomic E-state index is 0.0439. The molecule has 6 heteroatoms.